The molecule has 5 nitrogen and oxygen atoms in total. The molecule has 0 aliphatic rings. The maximum absolute atomic E-state index is 10.3. The zero-order valence-corrected chi connectivity index (χ0v) is 26.7. The highest BCUT2D eigenvalue weighted by Gasteiger charge is 2.20. The van der Waals surface area contributed by atoms with Crippen LogP contribution in [0.4, 0.5) is 0 Å². The topological polar surface area (TPSA) is 81.2 Å². The van der Waals surface area contributed by atoms with Gasteiger partial charge in [-0.1, -0.05) is 84.9 Å². The zero-order chi connectivity index (χ0) is 33.8. The Hall–Kier alpha value is -7.39. The molecule has 5 heteroatoms. The van der Waals surface area contributed by atoms with E-state index in [0.717, 1.165) is 77.2 Å². The van der Waals surface area contributed by atoms with Crippen molar-refractivity contribution in [1.29, 1.82) is 15.8 Å². The minimum Gasteiger partial charge on any atom is -0.309 e. The van der Waals surface area contributed by atoms with Crippen molar-refractivity contribution in [3.8, 4) is 51.8 Å². The number of hydrogen-bond donors (Lipinski definition) is 0. The van der Waals surface area contributed by atoms with Gasteiger partial charge in [-0.25, -0.2) is 0 Å². The van der Waals surface area contributed by atoms with Gasteiger partial charge in [0.2, 0.25) is 0 Å². The molecular formula is C45H25N5. The van der Waals surface area contributed by atoms with E-state index in [-0.39, 0.29) is 0 Å². The number of nitrogens with zero attached hydrogens (tertiary/aromatic N) is 5. The molecular weight excluding hydrogens is 611 g/mol. The second-order valence-corrected chi connectivity index (χ2v) is 12.3. The van der Waals surface area contributed by atoms with Crippen LogP contribution in [0.2, 0.25) is 0 Å². The van der Waals surface area contributed by atoms with Gasteiger partial charge in [0.15, 0.2) is 0 Å². The van der Waals surface area contributed by atoms with E-state index in [1.807, 2.05) is 78.9 Å². The quantitative estimate of drug-likeness (QED) is 0.193. The Labute approximate surface area is 287 Å². The van der Waals surface area contributed by atoms with Crippen molar-refractivity contribution in [3.63, 3.8) is 0 Å². The average Bonchev–Trinajstić information content (AvgIpc) is 3.70. The third-order valence-electron chi connectivity index (χ3n) is 9.66. The number of nitriles is 3. The first kappa shape index (κ1) is 28.8. The van der Waals surface area contributed by atoms with E-state index >= 15 is 0 Å². The van der Waals surface area contributed by atoms with Crippen LogP contribution in [-0.2, 0) is 0 Å². The van der Waals surface area contributed by atoms with E-state index < -0.39 is 0 Å². The summed E-state index contributed by atoms with van der Waals surface area (Å²) in [5.41, 5.74) is 11.7. The summed E-state index contributed by atoms with van der Waals surface area (Å²) in [4.78, 5) is 0. The molecule has 0 N–H and O–H groups in total. The van der Waals surface area contributed by atoms with Gasteiger partial charge in [-0.3, -0.25) is 0 Å². The summed E-state index contributed by atoms with van der Waals surface area (Å²) >= 11 is 0. The summed E-state index contributed by atoms with van der Waals surface area (Å²) in [6, 6.07) is 57.8. The van der Waals surface area contributed by atoms with Crippen LogP contribution < -0.4 is 0 Å². The predicted octanol–water partition coefficient (Wildman–Crippen LogP) is 10.8. The summed E-state index contributed by atoms with van der Waals surface area (Å²) < 4.78 is 4.41. The van der Waals surface area contributed by atoms with Crippen LogP contribution in [0.1, 0.15) is 16.7 Å². The molecule has 0 saturated heterocycles. The highest BCUT2D eigenvalue weighted by atomic mass is 15.0. The van der Waals surface area contributed by atoms with Crippen molar-refractivity contribution in [3.05, 3.63) is 168 Å². The molecule has 9 aromatic rings. The van der Waals surface area contributed by atoms with Crippen molar-refractivity contribution in [2.75, 3.05) is 0 Å². The van der Waals surface area contributed by atoms with E-state index in [4.69, 9.17) is 0 Å². The summed E-state index contributed by atoms with van der Waals surface area (Å²) in [6.07, 6.45) is 0. The first-order valence-electron chi connectivity index (χ1n) is 16.3. The van der Waals surface area contributed by atoms with Gasteiger partial charge < -0.3 is 9.13 Å². The van der Waals surface area contributed by atoms with E-state index in [1.54, 1.807) is 0 Å². The molecule has 50 heavy (non-hydrogen) atoms. The largest absolute Gasteiger partial charge is 0.309 e. The van der Waals surface area contributed by atoms with Gasteiger partial charge in [-0.05, 0) is 83.4 Å². The van der Waals surface area contributed by atoms with Crippen LogP contribution in [0.25, 0.3) is 77.2 Å². The van der Waals surface area contributed by atoms with Crippen LogP contribution in [-0.4, -0.2) is 9.13 Å². The third kappa shape index (κ3) is 4.31. The van der Waals surface area contributed by atoms with E-state index in [1.165, 1.54) is 0 Å². The molecule has 0 spiro atoms. The number of hydrogen-bond acceptors (Lipinski definition) is 3. The molecule has 2 aromatic heterocycles. The van der Waals surface area contributed by atoms with E-state index in [2.05, 4.69) is 100 Å². The van der Waals surface area contributed by atoms with Crippen molar-refractivity contribution >= 4 is 43.6 Å². The summed E-state index contributed by atoms with van der Waals surface area (Å²) in [5, 5.41) is 33.8. The molecule has 0 atom stereocenters. The van der Waals surface area contributed by atoms with Gasteiger partial charge in [-0.2, -0.15) is 15.8 Å². The number of rotatable bonds is 4. The van der Waals surface area contributed by atoms with Gasteiger partial charge >= 0.3 is 0 Å². The number of aromatic nitrogens is 2. The number of benzene rings is 7. The number of fused-ring (bicyclic) bond motifs is 6. The first-order valence-corrected chi connectivity index (χ1v) is 16.3. The Bertz CT molecular complexity index is 2940. The first-order chi connectivity index (χ1) is 24.7. The lowest BCUT2D eigenvalue weighted by Crippen LogP contribution is -1.99. The molecule has 0 aliphatic heterocycles. The lowest BCUT2D eigenvalue weighted by molar-refractivity contribution is 1.18. The smallest absolute Gasteiger partial charge is 0.0998 e. The minimum atomic E-state index is 0.579. The molecule has 0 radical (unpaired) electrons. The zero-order valence-electron chi connectivity index (χ0n) is 26.7. The summed E-state index contributed by atoms with van der Waals surface area (Å²) in [7, 11) is 0. The molecule has 7 aromatic carbocycles. The van der Waals surface area contributed by atoms with Gasteiger partial charge in [0, 0.05) is 32.8 Å². The predicted molar refractivity (Wildman–Crippen MR) is 200 cm³/mol. The second-order valence-electron chi connectivity index (χ2n) is 12.3. The molecule has 0 fully saturated rings. The molecule has 2 heterocycles. The molecule has 230 valence electrons. The normalized spacial score (nSPS) is 11.1. The molecule has 0 unspecified atom stereocenters. The van der Waals surface area contributed by atoms with E-state index in [9.17, 15) is 15.8 Å². The SMILES string of the molecule is N#Cc1ccc2c(c1)c1ccccc1n2-c1ccc(-c2ccc(-c3c(C#N)cccc3-n3c4ccccc4c4c(C#N)cccc43)cc2)cc1. The Morgan fingerprint density at radius 1 is 0.400 bits per heavy atom. The Morgan fingerprint density at radius 2 is 0.980 bits per heavy atom. The highest BCUT2D eigenvalue weighted by Crippen LogP contribution is 2.39. The van der Waals surface area contributed by atoms with Crippen LogP contribution in [0.5, 0.6) is 0 Å². The van der Waals surface area contributed by atoms with Crippen LogP contribution in [0, 0.1) is 34.0 Å². The highest BCUT2D eigenvalue weighted by molar-refractivity contribution is 6.12. The average molecular weight is 636 g/mol. The van der Waals surface area contributed by atoms with Gasteiger partial charge in [0.05, 0.1) is 62.7 Å². The van der Waals surface area contributed by atoms with Crippen molar-refractivity contribution < 1.29 is 0 Å². The fourth-order valence-electron chi connectivity index (χ4n) is 7.45. The molecule has 0 saturated carbocycles. The standard InChI is InChI=1S/C45H25N5/c46-26-29-15-24-41-38(25-29)36-9-1-3-11-39(36)49(41)35-22-20-31(21-23-35)30-16-18-32(19-17-30)44-33(27-47)7-5-13-42(44)50-40-12-4-2-10-37(40)45-34(28-48)8-6-14-43(45)50/h1-25H. The fraction of sp³-hybridized carbons (Fsp3) is 0. The van der Waals surface area contributed by atoms with Crippen molar-refractivity contribution in [2.24, 2.45) is 0 Å². The van der Waals surface area contributed by atoms with Crippen molar-refractivity contribution in [1.82, 2.24) is 9.13 Å². The van der Waals surface area contributed by atoms with E-state index in [0.29, 0.717) is 16.7 Å². The summed E-state index contributed by atoms with van der Waals surface area (Å²) in [6.45, 7) is 0. The minimum absolute atomic E-state index is 0.579. The van der Waals surface area contributed by atoms with Gasteiger partial charge in [-0.15, -0.1) is 0 Å². The van der Waals surface area contributed by atoms with Crippen LogP contribution in [0.15, 0.2) is 152 Å². The number of para-hydroxylation sites is 2. The molecule has 0 bridgehead atoms. The molecule has 0 aliphatic carbocycles. The maximum atomic E-state index is 10.3. The lowest BCUT2D eigenvalue weighted by Gasteiger charge is -2.16. The monoisotopic (exact) mass is 635 g/mol. The molecule has 0 amide bonds. The van der Waals surface area contributed by atoms with Crippen LogP contribution in [0.3, 0.4) is 0 Å². The van der Waals surface area contributed by atoms with Gasteiger partial charge in [0.1, 0.15) is 0 Å². The fourth-order valence-corrected chi connectivity index (χ4v) is 7.45. The third-order valence-corrected chi connectivity index (χ3v) is 9.66. The Kier molecular flexibility index (Phi) is 6.56. The maximum Gasteiger partial charge on any atom is 0.0998 e. The van der Waals surface area contributed by atoms with Crippen LogP contribution >= 0.6 is 0 Å². The summed E-state index contributed by atoms with van der Waals surface area (Å²) in [5.74, 6) is 0. The van der Waals surface area contributed by atoms with Gasteiger partial charge in [0.25, 0.3) is 0 Å². The molecule has 9 rings (SSSR count). The Balaban J connectivity index is 1.14. The van der Waals surface area contributed by atoms with Crippen molar-refractivity contribution in [2.45, 2.75) is 0 Å². The lowest BCUT2D eigenvalue weighted by atomic mass is 9.95. The second kappa shape index (κ2) is 11.4. The Morgan fingerprint density at radius 3 is 1.70 bits per heavy atom.